The minimum Gasteiger partial charge on any atom is -1.00 e. The van der Waals surface area contributed by atoms with Gasteiger partial charge in [-0.25, -0.2) is 0 Å². The van der Waals surface area contributed by atoms with E-state index in [9.17, 15) is 0 Å². The molecule has 0 spiro atoms. The van der Waals surface area contributed by atoms with Gasteiger partial charge in [-0.3, -0.25) is 0 Å². The second-order valence-corrected chi connectivity index (χ2v) is 10.6. The van der Waals surface area contributed by atoms with Gasteiger partial charge in [0.2, 0.25) is 0 Å². The van der Waals surface area contributed by atoms with Crippen molar-refractivity contribution in [2.24, 2.45) is 5.41 Å². The van der Waals surface area contributed by atoms with Gasteiger partial charge < -0.3 is 12.4 Å². The molecule has 0 saturated heterocycles. The molecule has 0 atom stereocenters. The van der Waals surface area contributed by atoms with E-state index in [4.69, 9.17) is 0 Å². The summed E-state index contributed by atoms with van der Waals surface area (Å²) < 4.78 is 6.64. The predicted octanol–water partition coefficient (Wildman–Crippen LogP) is 0.212. The van der Waals surface area contributed by atoms with E-state index in [0.29, 0.717) is 0 Å². The van der Waals surface area contributed by atoms with Crippen molar-refractivity contribution >= 4 is 0 Å². The number of allylic oxidation sites excluding steroid dienone is 4. The molecule has 0 unspecified atom stereocenters. The summed E-state index contributed by atoms with van der Waals surface area (Å²) >= 11 is -1.50. The fourth-order valence-electron chi connectivity index (χ4n) is 2.89. The van der Waals surface area contributed by atoms with Gasteiger partial charge in [0, 0.05) is 0 Å². The van der Waals surface area contributed by atoms with Crippen molar-refractivity contribution in [1.29, 1.82) is 0 Å². The third-order valence-electron chi connectivity index (χ3n) is 4.13. The molecular formula is C14H27ClN2Ti. The maximum Gasteiger partial charge on any atom is -1.00 e. The van der Waals surface area contributed by atoms with Crippen LogP contribution in [0.4, 0.5) is 0 Å². The minimum absolute atomic E-state index is 0. The predicted molar refractivity (Wildman–Crippen MR) is 72.2 cm³/mol. The van der Waals surface area contributed by atoms with E-state index in [0.717, 1.165) is 0 Å². The monoisotopic (exact) mass is 306 g/mol. The minimum atomic E-state index is -1.50. The Morgan fingerprint density at radius 3 is 1.44 bits per heavy atom. The van der Waals surface area contributed by atoms with Crippen molar-refractivity contribution in [2.45, 2.75) is 34.6 Å². The molecule has 0 heterocycles. The van der Waals surface area contributed by atoms with Crippen molar-refractivity contribution in [2.75, 3.05) is 28.2 Å². The van der Waals surface area contributed by atoms with Gasteiger partial charge in [0.05, 0.1) is 0 Å². The largest absolute Gasteiger partial charge is 1.00 e. The Bertz CT molecular complexity index is 373. The Labute approximate surface area is 126 Å². The molecule has 1 rings (SSSR count). The Balaban J connectivity index is 0.00000289. The quantitative estimate of drug-likeness (QED) is 0.688. The van der Waals surface area contributed by atoms with Crippen LogP contribution in [0.1, 0.15) is 34.6 Å². The SMILES string of the molecule is CC1=C(C)C(C)(C)[C]([Ti+]([N](C)C)[N](C)C)=C1C.[Cl-]. The molecule has 0 saturated carbocycles. The van der Waals surface area contributed by atoms with Crippen LogP contribution in [0, 0.1) is 5.41 Å². The summed E-state index contributed by atoms with van der Waals surface area (Å²) in [4.78, 5) is 0. The molecule has 0 bridgehead atoms. The topological polar surface area (TPSA) is 6.48 Å². The molecule has 0 aliphatic heterocycles. The number of nitrogens with zero attached hydrogens (tertiary/aromatic N) is 2. The molecule has 104 valence electrons. The van der Waals surface area contributed by atoms with Crippen LogP contribution in [0.15, 0.2) is 20.6 Å². The maximum absolute atomic E-state index is 2.46. The molecule has 0 aromatic rings. The molecule has 18 heavy (non-hydrogen) atoms. The molecule has 0 aromatic heterocycles. The summed E-state index contributed by atoms with van der Waals surface area (Å²) in [6.07, 6.45) is 0. The van der Waals surface area contributed by atoms with Gasteiger partial charge in [-0.1, -0.05) is 0 Å². The second-order valence-electron chi connectivity index (χ2n) is 5.99. The molecular weight excluding hydrogens is 279 g/mol. The van der Waals surface area contributed by atoms with Gasteiger partial charge in [-0.15, -0.1) is 0 Å². The van der Waals surface area contributed by atoms with E-state index in [1.807, 2.05) is 0 Å². The molecule has 1 aliphatic rings. The van der Waals surface area contributed by atoms with E-state index in [-0.39, 0.29) is 17.8 Å². The van der Waals surface area contributed by atoms with Gasteiger partial charge in [-0.05, 0) is 0 Å². The van der Waals surface area contributed by atoms with Crippen molar-refractivity contribution in [1.82, 2.24) is 6.76 Å². The van der Waals surface area contributed by atoms with Crippen LogP contribution >= 0.6 is 0 Å². The Kier molecular flexibility index (Phi) is 6.38. The maximum atomic E-state index is 2.46. The molecule has 2 nitrogen and oxygen atoms in total. The summed E-state index contributed by atoms with van der Waals surface area (Å²) in [7, 11) is 8.92. The van der Waals surface area contributed by atoms with E-state index >= 15 is 0 Å². The average molecular weight is 307 g/mol. The van der Waals surface area contributed by atoms with Gasteiger partial charge in [0.1, 0.15) is 0 Å². The zero-order chi connectivity index (χ0) is 13.5. The molecule has 4 heteroatoms. The van der Waals surface area contributed by atoms with Crippen molar-refractivity contribution in [3.05, 3.63) is 20.6 Å². The van der Waals surface area contributed by atoms with E-state index < -0.39 is 18.4 Å². The van der Waals surface area contributed by atoms with Gasteiger partial charge in [0.25, 0.3) is 0 Å². The fourth-order valence-corrected chi connectivity index (χ4v) is 7.52. The summed E-state index contributed by atoms with van der Waals surface area (Å²) in [5.41, 5.74) is 4.86. The first-order valence-electron chi connectivity index (χ1n) is 6.24. The molecule has 0 aromatic carbocycles. The van der Waals surface area contributed by atoms with Gasteiger partial charge in [-0.2, -0.15) is 0 Å². The smallest absolute Gasteiger partial charge is 1.00 e. The molecule has 1 aliphatic carbocycles. The van der Waals surface area contributed by atoms with Crippen LogP contribution in [-0.2, 0) is 18.4 Å². The van der Waals surface area contributed by atoms with Crippen LogP contribution in [0.3, 0.4) is 0 Å². The third kappa shape index (κ3) is 2.94. The Hall–Kier alpha value is 0.404. The molecule has 0 N–H and O–H groups in total. The normalized spacial score (nSPS) is 18.8. The van der Waals surface area contributed by atoms with E-state index in [1.54, 1.807) is 15.0 Å². The van der Waals surface area contributed by atoms with E-state index in [1.165, 1.54) is 5.57 Å². The third-order valence-corrected chi connectivity index (χ3v) is 9.04. The van der Waals surface area contributed by atoms with Crippen molar-refractivity contribution in [3.8, 4) is 0 Å². The van der Waals surface area contributed by atoms with Crippen LogP contribution in [0.2, 0.25) is 0 Å². The van der Waals surface area contributed by atoms with Crippen molar-refractivity contribution < 1.29 is 30.8 Å². The molecule has 0 radical (unpaired) electrons. The van der Waals surface area contributed by atoms with Crippen LogP contribution in [0.5, 0.6) is 0 Å². The van der Waals surface area contributed by atoms with Crippen LogP contribution < -0.4 is 12.4 Å². The van der Waals surface area contributed by atoms with Gasteiger partial charge >= 0.3 is 114 Å². The molecule has 0 fully saturated rings. The molecule has 0 amide bonds. The summed E-state index contributed by atoms with van der Waals surface area (Å²) in [5.74, 6) is 0. The number of halogens is 1. The number of hydrogen-bond donors (Lipinski definition) is 0. The Morgan fingerprint density at radius 1 is 0.833 bits per heavy atom. The zero-order valence-corrected chi connectivity index (χ0v) is 15.6. The van der Waals surface area contributed by atoms with Crippen LogP contribution in [0.25, 0.3) is 0 Å². The van der Waals surface area contributed by atoms with Gasteiger partial charge in [0.15, 0.2) is 0 Å². The summed E-state index contributed by atoms with van der Waals surface area (Å²) in [5, 5.41) is 0. The average Bonchev–Trinajstić information content (AvgIpc) is 2.32. The van der Waals surface area contributed by atoms with Crippen LogP contribution in [-0.4, -0.2) is 35.0 Å². The van der Waals surface area contributed by atoms with Crippen molar-refractivity contribution in [3.63, 3.8) is 0 Å². The number of hydrogen-bond acceptors (Lipinski definition) is 2. The first-order chi connectivity index (χ1) is 7.62. The fraction of sp³-hybridized carbons (Fsp3) is 0.714. The number of rotatable bonds is 3. The zero-order valence-electron chi connectivity index (χ0n) is 13.3. The second kappa shape index (κ2) is 6.24. The first-order valence-corrected chi connectivity index (χ1v) is 8.41. The first kappa shape index (κ1) is 18.4. The standard InChI is InChI=1S/C10H15.2C2H6N.ClH.Ti/c1-7-6-10(4,5)9(3)8(7)2;2*1-3-2;;/h1-5H3;2*1-2H3;1H;/q;2*-1;;+3/p-1. The summed E-state index contributed by atoms with van der Waals surface area (Å²) in [6, 6.07) is 0. The Morgan fingerprint density at radius 2 is 1.22 bits per heavy atom. The summed E-state index contributed by atoms with van der Waals surface area (Å²) in [6.45, 7) is 11.7. The van der Waals surface area contributed by atoms with E-state index in [2.05, 4.69) is 69.6 Å².